The number of amides is 1. The average Bonchev–Trinajstić information content (AvgIpc) is 2.48. The van der Waals surface area contributed by atoms with E-state index in [4.69, 9.17) is 16.3 Å². The molecule has 0 aliphatic carbocycles. The van der Waals surface area contributed by atoms with Gasteiger partial charge in [-0.15, -0.1) is 0 Å². The molecule has 1 amide bonds. The predicted molar refractivity (Wildman–Crippen MR) is 80.1 cm³/mol. The van der Waals surface area contributed by atoms with Crippen LogP contribution in [0.5, 0.6) is 0 Å². The van der Waals surface area contributed by atoms with Crippen molar-refractivity contribution < 1.29 is 13.9 Å². The topological polar surface area (TPSA) is 29.5 Å². The van der Waals surface area contributed by atoms with Gasteiger partial charge in [0.05, 0.1) is 17.7 Å². The molecule has 0 N–H and O–H groups in total. The Morgan fingerprint density at radius 1 is 1.45 bits per heavy atom. The van der Waals surface area contributed by atoms with Gasteiger partial charge in [0, 0.05) is 24.0 Å². The predicted octanol–water partition coefficient (Wildman–Crippen LogP) is 3.50. The lowest BCUT2D eigenvalue weighted by molar-refractivity contribution is 0.0160. The number of piperidine rings is 1. The molecule has 0 atom stereocenters. The third-order valence-electron chi connectivity index (χ3n) is 3.33. The molecule has 2 rings (SSSR count). The first kappa shape index (κ1) is 15.7. The van der Waals surface area contributed by atoms with Crippen LogP contribution in [0.2, 0.25) is 5.02 Å². The van der Waals surface area contributed by atoms with Crippen LogP contribution in [0, 0.1) is 5.82 Å². The number of alkyl halides is 1. The molecule has 0 unspecified atom stereocenters. The molecule has 0 bridgehead atoms. The zero-order chi connectivity index (χ0) is 14.5. The van der Waals surface area contributed by atoms with E-state index in [9.17, 15) is 9.18 Å². The number of rotatable bonds is 4. The maximum atomic E-state index is 13.1. The van der Waals surface area contributed by atoms with E-state index in [1.807, 2.05) is 0 Å². The second-order valence-electron chi connectivity index (χ2n) is 4.68. The Labute approximate surface area is 131 Å². The summed E-state index contributed by atoms with van der Waals surface area (Å²) in [4.78, 5) is 14.0. The van der Waals surface area contributed by atoms with Crippen molar-refractivity contribution in [3.05, 3.63) is 34.6 Å². The van der Waals surface area contributed by atoms with Crippen molar-refractivity contribution in [2.24, 2.45) is 0 Å². The van der Waals surface area contributed by atoms with E-state index >= 15 is 0 Å². The van der Waals surface area contributed by atoms with Gasteiger partial charge in [0.25, 0.3) is 5.91 Å². The van der Waals surface area contributed by atoms with Crippen LogP contribution in [-0.4, -0.2) is 41.9 Å². The Morgan fingerprint density at radius 2 is 2.15 bits per heavy atom. The van der Waals surface area contributed by atoms with Crippen molar-refractivity contribution in [2.45, 2.75) is 18.9 Å². The summed E-state index contributed by atoms with van der Waals surface area (Å²) < 4.78 is 18.7. The van der Waals surface area contributed by atoms with E-state index in [1.165, 1.54) is 18.2 Å². The molecule has 20 heavy (non-hydrogen) atoms. The maximum Gasteiger partial charge on any atom is 0.253 e. The van der Waals surface area contributed by atoms with Gasteiger partial charge in [0.1, 0.15) is 5.82 Å². The molecule has 1 aliphatic heterocycles. The molecule has 0 saturated carbocycles. The smallest absolute Gasteiger partial charge is 0.253 e. The summed E-state index contributed by atoms with van der Waals surface area (Å²) in [5.74, 6) is -0.615. The van der Waals surface area contributed by atoms with Crippen LogP contribution in [0.3, 0.4) is 0 Å². The highest BCUT2D eigenvalue weighted by Gasteiger charge is 2.24. The fourth-order valence-corrected chi connectivity index (χ4v) is 2.62. The zero-order valence-electron chi connectivity index (χ0n) is 10.9. The standard InChI is InChI=1S/C14H16BrClFNO2/c15-5-8-20-11-3-6-18(7-4-11)14(19)10-1-2-13(17)12(16)9-10/h1-2,9,11H,3-8H2. The summed E-state index contributed by atoms with van der Waals surface area (Å²) in [6, 6.07) is 4.07. The summed E-state index contributed by atoms with van der Waals surface area (Å²) >= 11 is 9.03. The van der Waals surface area contributed by atoms with Crippen molar-refractivity contribution in [3.63, 3.8) is 0 Å². The van der Waals surface area contributed by atoms with Crippen LogP contribution in [0.4, 0.5) is 4.39 Å². The Bertz CT molecular complexity index is 478. The fourth-order valence-electron chi connectivity index (χ4n) is 2.25. The molecular weight excluding hydrogens is 349 g/mol. The van der Waals surface area contributed by atoms with Gasteiger partial charge in [-0.2, -0.15) is 0 Å². The Kier molecular flexibility index (Phi) is 5.81. The Balaban J connectivity index is 1.92. The normalized spacial score (nSPS) is 16.4. The van der Waals surface area contributed by atoms with Gasteiger partial charge in [-0.3, -0.25) is 4.79 Å². The molecule has 6 heteroatoms. The number of benzene rings is 1. The Morgan fingerprint density at radius 3 is 2.75 bits per heavy atom. The number of ether oxygens (including phenoxy) is 1. The van der Waals surface area contributed by atoms with Crippen molar-refractivity contribution in [2.75, 3.05) is 25.0 Å². The zero-order valence-corrected chi connectivity index (χ0v) is 13.3. The van der Waals surface area contributed by atoms with Crippen molar-refractivity contribution >= 4 is 33.4 Å². The monoisotopic (exact) mass is 363 g/mol. The second-order valence-corrected chi connectivity index (χ2v) is 5.88. The first-order valence-electron chi connectivity index (χ1n) is 6.53. The molecule has 1 fully saturated rings. The van der Waals surface area contributed by atoms with Crippen LogP contribution in [0.1, 0.15) is 23.2 Å². The van der Waals surface area contributed by atoms with Crippen molar-refractivity contribution in [3.8, 4) is 0 Å². The van der Waals surface area contributed by atoms with E-state index in [1.54, 1.807) is 4.90 Å². The van der Waals surface area contributed by atoms with Gasteiger partial charge in [0.15, 0.2) is 0 Å². The van der Waals surface area contributed by atoms with E-state index in [2.05, 4.69) is 15.9 Å². The van der Waals surface area contributed by atoms with Gasteiger partial charge in [-0.25, -0.2) is 4.39 Å². The van der Waals surface area contributed by atoms with Gasteiger partial charge >= 0.3 is 0 Å². The summed E-state index contributed by atoms with van der Waals surface area (Å²) in [6.07, 6.45) is 1.87. The summed E-state index contributed by atoms with van der Waals surface area (Å²) in [5, 5.41) is 0.798. The van der Waals surface area contributed by atoms with E-state index in [0.717, 1.165) is 18.2 Å². The van der Waals surface area contributed by atoms with Gasteiger partial charge < -0.3 is 9.64 Å². The molecule has 1 saturated heterocycles. The molecule has 0 radical (unpaired) electrons. The summed E-state index contributed by atoms with van der Waals surface area (Å²) in [5.41, 5.74) is 0.427. The fraction of sp³-hybridized carbons (Fsp3) is 0.500. The van der Waals surface area contributed by atoms with E-state index in [-0.39, 0.29) is 17.0 Å². The number of hydrogen-bond acceptors (Lipinski definition) is 2. The minimum atomic E-state index is -0.509. The van der Waals surface area contributed by atoms with Crippen molar-refractivity contribution in [1.82, 2.24) is 4.90 Å². The third kappa shape index (κ3) is 3.93. The highest BCUT2D eigenvalue weighted by Crippen LogP contribution is 2.20. The molecule has 110 valence electrons. The van der Waals surface area contributed by atoms with Gasteiger partial charge in [-0.1, -0.05) is 27.5 Å². The molecule has 0 aromatic heterocycles. The van der Waals surface area contributed by atoms with Crippen LogP contribution in [0.15, 0.2) is 18.2 Å². The number of likely N-dealkylation sites (tertiary alicyclic amines) is 1. The SMILES string of the molecule is O=C(c1ccc(F)c(Cl)c1)N1CCC(OCCBr)CC1. The number of halogens is 3. The minimum Gasteiger partial charge on any atom is -0.377 e. The minimum absolute atomic E-state index is 0.0219. The van der Waals surface area contributed by atoms with E-state index < -0.39 is 5.82 Å². The van der Waals surface area contributed by atoms with Crippen molar-refractivity contribution in [1.29, 1.82) is 0 Å². The van der Waals surface area contributed by atoms with Crippen LogP contribution in [0.25, 0.3) is 0 Å². The van der Waals surface area contributed by atoms with E-state index in [0.29, 0.717) is 25.3 Å². The van der Waals surface area contributed by atoms with Crippen LogP contribution in [-0.2, 0) is 4.74 Å². The third-order valence-corrected chi connectivity index (χ3v) is 3.94. The largest absolute Gasteiger partial charge is 0.377 e. The molecule has 1 aromatic rings. The van der Waals surface area contributed by atoms with Crippen LogP contribution < -0.4 is 0 Å². The lowest BCUT2D eigenvalue weighted by Gasteiger charge is -2.32. The highest BCUT2D eigenvalue weighted by atomic mass is 79.9. The highest BCUT2D eigenvalue weighted by molar-refractivity contribution is 9.09. The molecule has 3 nitrogen and oxygen atoms in total. The number of nitrogens with zero attached hydrogens (tertiary/aromatic N) is 1. The summed E-state index contributed by atoms with van der Waals surface area (Å²) in [6.45, 7) is 1.99. The average molecular weight is 365 g/mol. The Hall–Kier alpha value is -0.650. The quantitative estimate of drug-likeness (QED) is 0.765. The molecule has 0 spiro atoms. The molecule has 1 aromatic carbocycles. The van der Waals surface area contributed by atoms with Crippen LogP contribution >= 0.6 is 27.5 Å². The molecule has 1 aliphatic rings. The number of hydrogen-bond donors (Lipinski definition) is 0. The lowest BCUT2D eigenvalue weighted by atomic mass is 10.1. The van der Waals surface area contributed by atoms with Gasteiger partial charge in [-0.05, 0) is 31.0 Å². The second kappa shape index (κ2) is 7.38. The maximum absolute atomic E-state index is 13.1. The summed E-state index contributed by atoms with van der Waals surface area (Å²) in [7, 11) is 0. The van der Waals surface area contributed by atoms with Gasteiger partial charge in [0.2, 0.25) is 0 Å². The molecule has 1 heterocycles. The lowest BCUT2D eigenvalue weighted by Crippen LogP contribution is -2.41. The molecular formula is C14H16BrClFNO2. The first-order valence-corrected chi connectivity index (χ1v) is 8.03. The first-order chi connectivity index (χ1) is 9.61. The number of carbonyl (C=O) groups is 1. The number of carbonyl (C=O) groups excluding carboxylic acids is 1.